The smallest absolute Gasteiger partial charge is 0.234 e. The fourth-order valence-electron chi connectivity index (χ4n) is 1.89. The second-order valence-corrected chi connectivity index (χ2v) is 6.10. The van der Waals surface area contributed by atoms with Crippen LogP contribution in [-0.2, 0) is 11.3 Å². The topological polar surface area (TPSA) is 59.8 Å². The lowest BCUT2D eigenvalue weighted by Crippen LogP contribution is -2.15. The third kappa shape index (κ3) is 4.11. The maximum Gasteiger partial charge on any atom is 0.234 e. The van der Waals surface area contributed by atoms with E-state index < -0.39 is 0 Å². The molecule has 5 nitrogen and oxygen atoms in total. The summed E-state index contributed by atoms with van der Waals surface area (Å²) >= 11 is 7.25. The Morgan fingerprint density at radius 1 is 1.45 bits per heavy atom. The van der Waals surface area contributed by atoms with Gasteiger partial charge in [-0.05, 0) is 37.6 Å². The number of thioether (sulfide) groups is 1. The van der Waals surface area contributed by atoms with Crippen LogP contribution < -0.4 is 5.32 Å². The molecule has 1 N–H and O–H groups in total. The summed E-state index contributed by atoms with van der Waals surface area (Å²) in [6.45, 7) is 8.11. The van der Waals surface area contributed by atoms with E-state index in [2.05, 4.69) is 22.1 Å². The summed E-state index contributed by atoms with van der Waals surface area (Å²) < 4.78 is 1.92. The molecule has 1 aromatic heterocycles. The van der Waals surface area contributed by atoms with E-state index in [1.54, 1.807) is 18.2 Å². The summed E-state index contributed by atoms with van der Waals surface area (Å²) in [5.74, 6) is 0.967. The standard InChI is InChI=1S/C15H17ClN4OS/c1-4-7-20-11(3)18-19-15(20)22-9-14(21)17-13-6-5-12(16)8-10(13)2/h4-6,8H,1,7,9H2,2-3H3,(H,17,21). The molecular formula is C15H17ClN4OS. The van der Waals surface area contributed by atoms with Gasteiger partial charge in [0.2, 0.25) is 5.91 Å². The summed E-state index contributed by atoms with van der Waals surface area (Å²) in [7, 11) is 0. The van der Waals surface area contributed by atoms with Gasteiger partial charge in [-0.2, -0.15) is 0 Å². The molecule has 116 valence electrons. The number of hydrogen-bond acceptors (Lipinski definition) is 4. The van der Waals surface area contributed by atoms with Crippen LogP contribution in [0.4, 0.5) is 5.69 Å². The average molecular weight is 337 g/mol. The molecule has 1 aromatic carbocycles. The number of aryl methyl sites for hydroxylation is 2. The Balaban J connectivity index is 1.97. The van der Waals surface area contributed by atoms with Gasteiger partial charge in [0.25, 0.3) is 0 Å². The molecule has 0 bridgehead atoms. The highest BCUT2D eigenvalue weighted by Crippen LogP contribution is 2.21. The fraction of sp³-hybridized carbons (Fsp3) is 0.267. The molecule has 22 heavy (non-hydrogen) atoms. The number of anilines is 1. The summed E-state index contributed by atoms with van der Waals surface area (Å²) in [4.78, 5) is 12.1. The van der Waals surface area contributed by atoms with E-state index in [4.69, 9.17) is 11.6 Å². The molecule has 0 saturated heterocycles. The average Bonchev–Trinajstić information content (AvgIpc) is 2.81. The molecule has 0 fully saturated rings. The minimum absolute atomic E-state index is 0.0961. The summed E-state index contributed by atoms with van der Waals surface area (Å²) in [6.07, 6.45) is 1.78. The number of rotatable bonds is 6. The first-order valence-corrected chi connectivity index (χ1v) is 8.07. The highest BCUT2D eigenvalue weighted by Gasteiger charge is 2.11. The van der Waals surface area contributed by atoms with Crippen molar-refractivity contribution < 1.29 is 4.79 Å². The summed E-state index contributed by atoms with van der Waals surface area (Å²) in [5.41, 5.74) is 1.69. The van der Waals surface area contributed by atoms with E-state index in [1.165, 1.54) is 11.8 Å². The molecule has 0 aliphatic rings. The van der Waals surface area contributed by atoms with E-state index in [0.717, 1.165) is 17.1 Å². The number of nitrogens with one attached hydrogen (secondary N) is 1. The first-order valence-electron chi connectivity index (χ1n) is 6.70. The summed E-state index contributed by atoms with van der Waals surface area (Å²) in [5, 5.41) is 12.3. The van der Waals surface area contributed by atoms with Crippen LogP contribution in [0.1, 0.15) is 11.4 Å². The Bertz CT molecular complexity index is 699. The number of amides is 1. The molecule has 0 saturated carbocycles. The van der Waals surface area contributed by atoms with Gasteiger partial charge in [-0.25, -0.2) is 0 Å². The number of allylic oxidation sites excluding steroid dienone is 1. The monoisotopic (exact) mass is 336 g/mol. The molecule has 0 aliphatic heterocycles. The van der Waals surface area contributed by atoms with Crippen molar-refractivity contribution in [1.82, 2.24) is 14.8 Å². The Hall–Kier alpha value is -1.79. The van der Waals surface area contributed by atoms with E-state index in [9.17, 15) is 4.79 Å². The van der Waals surface area contributed by atoms with Gasteiger partial charge in [0.15, 0.2) is 5.16 Å². The largest absolute Gasteiger partial charge is 0.325 e. The quantitative estimate of drug-likeness (QED) is 0.648. The van der Waals surface area contributed by atoms with E-state index in [0.29, 0.717) is 16.7 Å². The second kappa shape index (κ2) is 7.47. The number of carbonyl (C=O) groups is 1. The Labute approximate surface area is 138 Å². The number of halogens is 1. The zero-order valence-electron chi connectivity index (χ0n) is 12.5. The van der Waals surface area contributed by atoms with E-state index in [-0.39, 0.29) is 11.7 Å². The zero-order valence-corrected chi connectivity index (χ0v) is 14.0. The highest BCUT2D eigenvalue weighted by molar-refractivity contribution is 7.99. The second-order valence-electron chi connectivity index (χ2n) is 4.73. The van der Waals surface area contributed by atoms with Crippen molar-refractivity contribution >= 4 is 35.0 Å². The van der Waals surface area contributed by atoms with Gasteiger partial charge in [0.1, 0.15) is 5.82 Å². The molecule has 0 spiro atoms. The van der Waals surface area contributed by atoms with Crippen LogP contribution in [-0.4, -0.2) is 26.4 Å². The number of nitrogens with zero attached hydrogens (tertiary/aromatic N) is 3. The highest BCUT2D eigenvalue weighted by atomic mass is 35.5. The van der Waals surface area contributed by atoms with E-state index in [1.807, 2.05) is 24.5 Å². The van der Waals surface area contributed by atoms with Crippen LogP contribution >= 0.6 is 23.4 Å². The predicted molar refractivity (Wildman–Crippen MR) is 90.5 cm³/mol. The number of benzene rings is 1. The molecule has 2 rings (SSSR count). The lowest BCUT2D eigenvalue weighted by atomic mass is 10.2. The van der Waals surface area contributed by atoms with Crippen molar-refractivity contribution in [3.05, 3.63) is 47.3 Å². The molecule has 1 heterocycles. The molecule has 1 amide bonds. The van der Waals surface area contributed by atoms with Crippen LogP contribution in [0.15, 0.2) is 36.0 Å². The molecule has 2 aromatic rings. The normalized spacial score (nSPS) is 10.5. The number of aromatic nitrogens is 3. The molecule has 0 unspecified atom stereocenters. The lowest BCUT2D eigenvalue weighted by molar-refractivity contribution is -0.113. The Kier molecular flexibility index (Phi) is 5.63. The third-order valence-electron chi connectivity index (χ3n) is 3.01. The van der Waals surface area contributed by atoms with Crippen LogP contribution in [0, 0.1) is 13.8 Å². The SMILES string of the molecule is C=CCn1c(C)nnc1SCC(=O)Nc1ccc(Cl)cc1C. The van der Waals surface area contributed by atoms with Crippen LogP contribution in [0.5, 0.6) is 0 Å². The van der Waals surface area contributed by atoms with E-state index >= 15 is 0 Å². The molecule has 0 radical (unpaired) electrons. The fourth-order valence-corrected chi connectivity index (χ4v) is 2.91. The molecule has 0 aliphatic carbocycles. The van der Waals surface area contributed by atoms with Crippen molar-refractivity contribution in [2.45, 2.75) is 25.5 Å². The summed E-state index contributed by atoms with van der Waals surface area (Å²) in [6, 6.07) is 5.36. The first-order chi connectivity index (χ1) is 10.5. The van der Waals surface area contributed by atoms with Gasteiger partial charge in [0, 0.05) is 17.3 Å². The van der Waals surface area contributed by atoms with Gasteiger partial charge in [0.05, 0.1) is 5.75 Å². The van der Waals surface area contributed by atoms with Crippen molar-refractivity contribution in [1.29, 1.82) is 0 Å². The number of hydrogen-bond donors (Lipinski definition) is 1. The Morgan fingerprint density at radius 3 is 2.91 bits per heavy atom. The van der Waals surface area contributed by atoms with Crippen LogP contribution in [0.25, 0.3) is 0 Å². The first kappa shape index (κ1) is 16.6. The maximum absolute atomic E-state index is 12.1. The van der Waals surface area contributed by atoms with Gasteiger partial charge in [-0.15, -0.1) is 16.8 Å². The van der Waals surface area contributed by atoms with Gasteiger partial charge < -0.3 is 9.88 Å². The van der Waals surface area contributed by atoms with Gasteiger partial charge >= 0.3 is 0 Å². The van der Waals surface area contributed by atoms with Crippen LogP contribution in [0.2, 0.25) is 5.02 Å². The van der Waals surface area contributed by atoms with Crippen molar-refractivity contribution in [3.63, 3.8) is 0 Å². The Morgan fingerprint density at radius 2 is 2.23 bits per heavy atom. The minimum Gasteiger partial charge on any atom is -0.325 e. The van der Waals surface area contributed by atoms with Crippen molar-refractivity contribution in [3.8, 4) is 0 Å². The zero-order chi connectivity index (χ0) is 16.1. The van der Waals surface area contributed by atoms with Gasteiger partial charge in [-0.1, -0.05) is 29.4 Å². The van der Waals surface area contributed by atoms with Crippen LogP contribution in [0.3, 0.4) is 0 Å². The van der Waals surface area contributed by atoms with Crippen molar-refractivity contribution in [2.75, 3.05) is 11.1 Å². The van der Waals surface area contributed by atoms with Gasteiger partial charge in [-0.3, -0.25) is 4.79 Å². The molecular weight excluding hydrogens is 320 g/mol. The van der Waals surface area contributed by atoms with Crippen molar-refractivity contribution in [2.24, 2.45) is 0 Å². The predicted octanol–water partition coefficient (Wildman–Crippen LogP) is 3.47. The maximum atomic E-state index is 12.1. The third-order valence-corrected chi connectivity index (χ3v) is 4.21. The lowest BCUT2D eigenvalue weighted by Gasteiger charge is -2.09. The molecule has 7 heteroatoms. The molecule has 0 atom stereocenters. The number of carbonyl (C=O) groups excluding carboxylic acids is 1. The minimum atomic E-state index is -0.0961.